The molecule has 1 heterocycles. The number of hydrogen-bond donors (Lipinski definition) is 0. The zero-order valence-electron chi connectivity index (χ0n) is 7.97. The number of nitrogens with zero attached hydrogens (tertiary/aromatic N) is 2. The van der Waals surface area contributed by atoms with E-state index in [1.807, 2.05) is 35.1 Å². The summed E-state index contributed by atoms with van der Waals surface area (Å²) in [6, 6.07) is 10.9. The molecule has 0 bridgehead atoms. The third kappa shape index (κ3) is 1.93. The summed E-state index contributed by atoms with van der Waals surface area (Å²) >= 11 is 0. The second-order valence-electron chi connectivity index (χ2n) is 2.99. The Hall–Kier alpha value is -1.77. The Labute approximate surface area is 82.9 Å². The molecular formula is C11H11N2O. The summed E-state index contributed by atoms with van der Waals surface area (Å²) in [5.74, 6) is 0.876. The van der Waals surface area contributed by atoms with Crippen LogP contribution in [0, 0.1) is 6.07 Å². The van der Waals surface area contributed by atoms with Crippen LogP contribution in [0.15, 0.2) is 36.7 Å². The van der Waals surface area contributed by atoms with Gasteiger partial charge in [0.1, 0.15) is 5.75 Å². The van der Waals surface area contributed by atoms with Gasteiger partial charge < -0.3 is 4.74 Å². The van der Waals surface area contributed by atoms with Crippen molar-refractivity contribution in [2.45, 2.75) is 6.54 Å². The fraction of sp³-hybridized carbons (Fsp3) is 0.182. The van der Waals surface area contributed by atoms with Gasteiger partial charge in [-0.05, 0) is 17.7 Å². The number of hydrogen-bond acceptors (Lipinski definition) is 2. The minimum Gasteiger partial charge on any atom is -0.497 e. The van der Waals surface area contributed by atoms with Gasteiger partial charge in [0.25, 0.3) is 0 Å². The summed E-state index contributed by atoms with van der Waals surface area (Å²) in [5.41, 5.74) is 1.20. The van der Waals surface area contributed by atoms with Crippen molar-refractivity contribution in [2.75, 3.05) is 7.11 Å². The van der Waals surface area contributed by atoms with Gasteiger partial charge in [-0.3, -0.25) is 4.68 Å². The van der Waals surface area contributed by atoms with E-state index in [4.69, 9.17) is 4.74 Å². The Balaban J connectivity index is 2.10. The first-order valence-corrected chi connectivity index (χ1v) is 4.40. The Morgan fingerprint density at radius 1 is 1.36 bits per heavy atom. The van der Waals surface area contributed by atoms with Crippen molar-refractivity contribution in [3.8, 4) is 5.75 Å². The van der Waals surface area contributed by atoms with Crippen LogP contribution in [0.5, 0.6) is 5.75 Å². The Morgan fingerprint density at radius 2 is 2.14 bits per heavy atom. The summed E-state index contributed by atoms with van der Waals surface area (Å²) in [6.45, 7) is 0.771. The van der Waals surface area contributed by atoms with E-state index < -0.39 is 0 Å². The predicted molar refractivity (Wildman–Crippen MR) is 53.2 cm³/mol. The third-order valence-electron chi connectivity index (χ3n) is 2.01. The summed E-state index contributed by atoms with van der Waals surface area (Å²) < 4.78 is 6.91. The number of rotatable bonds is 3. The van der Waals surface area contributed by atoms with Crippen LogP contribution in [0.2, 0.25) is 0 Å². The van der Waals surface area contributed by atoms with Crippen LogP contribution in [-0.4, -0.2) is 16.9 Å². The van der Waals surface area contributed by atoms with E-state index in [2.05, 4.69) is 11.2 Å². The molecule has 0 unspecified atom stereocenters. The van der Waals surface area contributed by atoms with Gasteiger partial charge in [-0.2, -0.15) is 5.10 Å². The monoisotopic (exact) mass is 187 g/mol. The lowest BCUT2D eigenvalue weighted by Gasteiger charge is -2.03. The quantitative estimate of drug-likeness (QED) is 0.731. The van der Waals surface area contributed by atoms with Crippen molar-refractivity contribution in [3.05, 3.63) is 48.3 Å². The number of methoxy groups -OCH3 is 1. The Kier molecular flexibility index (Phi) is 2.49. The van der Waals surface area contributed by atoms with Crippen molar-refractivity contribution < 1.29 is 4.74 Å². The molecule has 1 aromatic heterocycles. The molecule has 3 heteroatoms. The first kappa shape index (κ1) is 8.81. The molecule has 2 aromatic rings. The van der Waals surface area contributed by atoms with Gasteiger partial charge >= 0.3 is 0 Å². The van der Waals surface area contributed by atoms with Gasteiger partial charge in [0, 0.05) is 12.3 Å². The molecule has 3 nitrogen and oxygen atoms in total. The fourth-order valence-corrected chi connectivity index (χ4v) is 1.26. The molecule has 0 aliphatic rings. The molecule has 0 fully saturated rings. The lowest BCUT2D eigenvalue weighted by atomic mass is 10.2. The van der Waals surface area contributed by atoms with Crippen LogP contribution in [0.3, 0.4) is 0 Å². The first-order chi connectivity index (χ1) is 6.88. The summed E-state index contributed by atoms with van der Waals surface area (Å²) in [6.07, 6.45) is 3.48. The Bertz CT molecular complexity index is 378. The molecule has 0 saturated carbocycles. The van der Waals surface area contributed by atoms with Crippen LogP contribution >= 0.6 is 0 Å². The highest BCUT2D eigenvalue weighted by molar-refractivity contribution is 5.27. The molecule has 14 heavy (non-hydrogen) atoms. The Morgan fingerprint density at radius 3 is 2.71 bits per heavy atom. The minimum absolute atomic E-state index is 0.771. The van der Waals surface area contributed by atoms with Gasteiger partial charge in [-0.1, -0.05) is 12.1 Å². The first-order valence-electron chi connectivity index (χ1n) is 4.40. The molecule has 0 N–H and O–H groups in total. The maximum atomic E-state index is 5.08. The zero-order valence-corrected chi connectivity index (χ0v) is 7.97. The van der Waals surface area contributed by atoms with Crippen LogP contribution < -0.4 is 4.74 Å². The standard InChI is InChI=1S/C11H11N2O/c1-14-11-5-3-10(4-6-11)9-13-8-2-7-12-13/h3-8H,9H2,1H3. The van der Waals surface area contributed by atoms with Gasteiger partial charge in [-0.15, -0.1) is 0 Å². The molecule has 0 aliphatic heterocycles. The summed E-state index contributed by atoms with van der Waals surface area (Å²) in [5, 5.41) is 4.08. The van der Waals surface area contributed by atoms with Gasteiger partial charge in [0.05, 0.1) is 19.9 Å². The van der Waals surface area contributed by atoms with E-state index in [0.29, 0.717) is 0 Å². The van der Waals surface area contributed by atoms with E-state index in [1.165, 1.54) is 5.56 Å². The third-order valence-corrected chi connectivity index (χ3v) is 2.01. The van der Waals surface area contributed by atoms with E-state index in [0.717, 1.165) is 12.3 Å². The predicted octanol–water partition coefficient (Wildman–Crippen LogP) is 1.74. The highest BCUT2D eigenvalue weighted by Crippen LogP contribution is 2.11. The van der Waals surface area contributed by atoms with Crippen LogP contribution in [-0.2, 0) is 6.54 Å². The number of aromatic nitrogens is 2. The molecule has 0 atom stereocenters. The molecule has 2 rings (SSSR count). The molecule has 71 valence electrons. The normalized spacial score (nSPS) is 10.1. The van der Waals surface area contributed by atoms with Crippen LogP contribution in [0.25, 0.3) is 0 Å². The topological polar surface area (TPSA) is 27.1 Å². The average molecular weight is 187 g/mol. The molecule has 0 saturated heterocycles. The molecule has 0 amide bonds. The highest BCUT2D eigenvalue weighted by atomic mass is 16.5. The average Bonchev–Trinajstić information content (AvgIpc) is 2.72. The van der Waals surface area contributed by atoms with Crippen molar-refractivity contribution in [3.63, 3.8) is 0 Å². The largest absolute Gasteiger partial charge is 0.497 e. The van der Waals surface area contributed by atoms with Crippen molar-refractivity contribution in [1.29, 1.82) is 0 Å². The minimum atomic E-state index is 0.771. The molecule has 1 aromatic carbocycles. The molecule has 0 spiro atoms. The van der Waals surface area contributed by atoms with Crippen LogP contribution in [0.1, 0.15) is 5.56 Å². The van der Waals surface area contributed by atoms with E-state index in [9.17, 15) is 0 Å². The zero-order chi connectivity index (χ0) is 9.80. The van der Waals surface area contributed by atoms with E-state index in [1.54, 1.807) is 13.3 Å². The maximum Gasteiger partial charge on any atom is 0.118 e. The lowest BCUT2D eigenvalue weighted by Crippen LogP contribution is -1.99. The van der Waals surface area contributed by atoms with Crippen molar-refractivity contribution in [2.24, 2.45) is 0 Å². The SMILES string of the molecule is COc1ccc(Cn2c[c]cn2)cc1. The summed E-state index contributed by atoms with van der Waals surface area (Å²) in [4.78, 5) is 0. The smallest absolute Gasteiger partial charge is 0.118 e. The maximum absolute atomic E-state index is 5.08. The van der Waals surface area contributed by atoms with E-state index >= 15 is 0 Å². The van der Waals surface area contributed by atoms with Gasteiger partial charge in [-0.25, -0.2) is 0 Å². The number of ether oxygens (including phenoxy) is 1. The van der Waals surface area contributed by atoms with Gasteiger partial charge in [0.2, 0.25) is 0 Å². The molecule has 1 radical (unpaired) electrons. The molecular weight excluding hydrogens is 176 g/mol. The van der Waals surface area contributed by atoms with E-state index in [-0.39, 0.29) is 0 Å². The fourth-order valence-electron chi connectivity index (χ4n) is 1.26. The number of benzene rings is 1. The highest BCUT2D eigenvalue weighted by Gasteiger charge is 1.95. The van der Waals surface area contributed by atoms with Crippen molar-refractivity contribution in [1.82, 2.24) is 9.78 Å². The summed E-state index contributed by atoms with van der Waals surface area (Å²) in [7, 11) is 1.66. The second kappa shape index (κ2) is 3.96. The van der Waals surface area contributed by atoms with Crippen molar-refractivity contribution >= 4 is 0 Å². The van der Waals surface area contributed by atoms with Crippen LogP contribution in [0.4, 0.5) is 0 Å². The lowest BCUT2D eigenvalue weighted by molar-refractivity contribution is 0.414. The molecule has 0 aliphatic carbocycles. The second-order valence-corrected chi connectivity index (χ2v) is 2.99. The van der Waals surface area contributed by atoms with Gasteiger partial charge in [0.15, 0.2) is 0 Å².